The number of esters is 1. The van der Waals surface area contributed by atoms with E-state index < -0.39 is 5.97 Å². The number of aromatic nitrogens is 5. The second-order valence-corrected chi connectivity index (χ2v) is 4.97. The molecule has 0 unspecified atom stereocenters. The Morgan fingerprint density at radius 3 is 3.17 bits per heavy atom. The van der Waals surface area contributed by atoms with Crippen LogP contribution in [0.3, 0.4) is 0 Å². The lowest BCUT2D eigenvalue weighted by molar-refractivity contribution is -0.141. The highest BCUT2D eigenvalue weighted by atomic mass is 79.9. The standard InChI is InChI=1S/C9H8BrN5O2S/c1-17-8(16)5-15-9(12-13-14-15)18-7-2-3-11-4-6(7)10/h2-4H,5H2,1H3. The Bertz CT molecular complexity index is 561. The van der Waals surface area contributed by atoms with E-state index in [1.165, 1.54) is 23.6 Å². The molecule has 9 heteroatoms. The lowest BCUT2D eigenvalue weighted by Gasteiger charge is -2.03. The Morgan fingerprint density at radius 1 is 1.61 bits per heavy atom. The maximum atomic E-state index is 11.2. The second-order valence-electron chi connectivity index (χ2n) is 3.10. The van der Waals surface area contributed by atoms with Crippen LogP contribution in [-0.2, 0) is 16.1 Å². The molecule has 0 amide bonds. The van der Waals surface area contributed by atoms with Crippen LogP contribution in [0, 0.1) is 0 Å². The van der Waals surface area contributed by atoms with Gasteiger partial charge in [0, 0.05) is 21.8 Å². The quantitative estimate of drug-likeness (QED) is 0.778. The first-order valence-corrected chi connectivity index (χ1v) is 6.42. The SMILES string of the molecule is COC(=O)Cn1nnnc1Sc1ccncc1Br. The Labute approximate surface area is 115 Å². The molecule has 0 aromatic carbocycles. The van der Waals surface area contributed by atoms with Crippen molar-refractivity contribution in [3.05, 3.63) is 22.9 Å². The summed E-state index contributed by atoms with van der Waals surface area (Å²) < 4.78 is 6.78. The van der Waals surface area contributed by atoms with Crippen LogP contribution < -0.4 is 0 Å². The largest absolute Gasteiger partial charge is 0.468 e. The number of carbonyl (C=O) groups excluding carboxylic acids is 1. The van der Waals surface area contributed by atoms with E-state index in [2.05, 4.69) is 41.2 Å². The molecule has 2 aromatic rings. The second kappa shape index (κ2) is 5.91. The van der Waals surface area contributed by atoms with Gasteiger partial charge >= 0.3 is 5.97 Å². The molecule has 18 heavy (non-hydrogen) atoms. The third-order valence-corrected chi connectivity index (χ3v) is 3.89. The number of ether oxygens (including phenoxy) is 1. The zero-order valence-electron chi connectivity index (χ0n) is 9.28. The summed E-state index contributed by atoms with van der Waals surface area (Å²) in [4.78, 5) is 16.1. The smallest absolute Gasteiger partial charge is 0.327 e. The zero-order chi connectivity index (χ0) is 13.0. The number of nitrogens with zero attached hydrogens (tertiary/aromatic N) is 5. The molecule has 0 spiro atoms. The van der Waals surface area contributed by atoms with Gasteiger partial charge in [0.1, 0.15) is 6.54 Å². The van der Waals surface area contributed by atoms with Crippen LogP contribution in [0.4, 0.5) is 0 Å². The number of methoxy groups -OCH3 is 1. The molecule has 0 N–H and O–H groups in total. The summed E-state index contributed by atoms with van der Waals surface area (Å²) in [6.07, 6.45) is 3.35. The van der Waals surface area contributed by atoms with Gasteiger partial charge in [-0.2, -0.15) is 0 Å². The van der Waals surface area contributed by atoms with Gasteiger partial charge in [0.05, 0.1) is 7.11 Å². The van der Waals surface area contributed by atoms with E-state index in [0.29, 0.717) is 5.16 Å². The van der Waals surface area contributed by atoms with Crippen LogP contribution in [0.5, 0.6) is 0 Å². The number of rotatable bonds is 4. The predicted octanol–water partition coefficient (Wildman–Crippen LogP) is 1.15. The van der Waals surface area contributed by atoms with Crippen molar-refractivity contribution >= 4 is 33.7 Å². The van der Waals surface area contributed by atoms with Crippen LogP contribution in [0.1, 0.15) is 0 Å². The van der Waals surface area contributed by atoms with Gasteiger partial charge in [0.2, 0.25) is 5.16 Å². The van der Waals surface area contributed by atoms with E-state index in [1.54, 1.807) is 12.4 Å². The Hall–Kier alpha value is -1.48. The third kappa shape index (κ3) is 3.05. The molecule has 0 aliphatic rings. The molecule has 7 nitrogen and oxygen atoms in total. The topological polar surface area (TPSA) is 82.8 Å². The molecule has 0 saturated carbocycles. The molecule has 2 rings (SSSR count). The van der Waals surface area contributed by atoms with E-state index in [-0.39, 0.29) is 6.54 Å². The average molecular weight is 330 g/mol. The Kier molecular flexibility index (Phi) is 4.26. The van der Waals surface area contributed by atoms with Crippen molar-refractivity contribution in [1.82, 2.24) is 25.2 Å². The van der Waals surface area contributed by atoms with Crippen molar-refractivity contribution in [3.63, 3.8) is 0 Å². The Morgan fingerprint density at radius 2 is 2.44 bits per heavy atom. The molecule has 0 bridgehead atoms. The summed E-state index contributed by atoms with van der Waals surface area (Å²) >= 11 is 4.71. The fourth-order valence-corrected chi connectivity index (χ4v) is 2.35. The van der Waals surface area contributed by atoms with Gasteiger partial charge in [-0.3, -0.25) is 9.78 Å². The van der Waals surface area contributed by atoms with Crippen molar-refractivity contribution in [3.8, 4) is 0 Å². The molecule has 0 fully saturated rings. The van der Waals surface area contributed by atoms with Gasteiger partial charge in [0.25, 0.3) is 0 Å². The average Bonchev–Trinajstić information content (AvgIpc) is 2.79. The molecule has 0 atom stereocenters. The van der Waals surface area contributed by atoms with Crippen LogP contribution in [0.25, 0.3) is 0 Å². The number of hydrogen-bond donors (Lipinski definition) is 0. The van der Waals surface area contributed by atoms with Crippen molar-refractivity contribution in [2.24, 2.45) is 0 Å². The molecule has 2 heterocycles. The van der Waals surface area contributed by atoms with Crippen LogP contribution in [-0.4, -0.2) is 38.3 Å². The zero-order valence-corrected chi connectivity index (χ0v) is 11.7. The summed E-state index contributed by atoms with van der Waals surface area (Å²) in [6, 6.07) is 1.83. The highest BCUT2D eigenvalue weighted by Gasteiger charge is 2.13. The van der Waals surface area contributed by atoms with E-state index in [4.69, 9.17) is 0 Å². The number of tetrazole rings is 1. The summed E-state index contributed by atoms with van der Waals surface area (Å²) in [6.45, 7) is -0.0193. The minimum atomic E-state index is -0.405. The van der Waals surface area contributed by atoms with E-state index in [0.717, 1.165) is 9.37 Å². The van der Waals surface area contributed by atoms with E-state index in [1.807, 2.05) is 6.07 Å². The fourth-order valence-electron chi connectivity index (χ4n) is 1.10. The monoisotopic (exact) mass is 329 g/mol. The van der Waals surface area contributed by atoms with Gasteiger partial charge in [-0.1, -0.05) is 0 Å². The molecule has 0 saturated heterocycles. The van der Waals surface area contributed by atoms with Crippen molar-refractivity contribution < 1.29 is 9.53 Å². The number of hydrogen-bond acceptors (Lipinski definition) is 7. The van der Waals surface area contributed by atoms with Crippen LogP contribution in [0.2, 0.25) is 0 Å². The highest BCUT2D eigenvalue weighted by Crippen LogP contribution is 2.30. The molecular weight excluding hydrogens is 322 g/mol. The fraction of sp³-hybridized carbons (Fsp3) is 0.222. The third-order valence-electron chi connectivity index (χ3n) is 1.94. The number of pyridine rings is 1. The summed E-state index contributed by atoms with van der Waals surface area (Å²) in [5.41, 5.74) is 0. The van der Waals surface area contributed by atoms with Gasteiger partial charge < -0.3 is 4.74 Å². The van der Waals surface area contributed by atoms with Crippen molar-refractivity contribution in [1.29, 1.82) is 0 Å². The van der Waals surface area contributed by atoms with Gasteiger partial charge in [0.15, 0.2) is 0 Å². The minimum absolute atomic E-state index is 0.0193. The first-order chi connectivity index (χ1) is 8.70. The summed E-state index contributed by atoms with van der Waals surface area (Å²) in [7, 11) is 1.32. The van der Waals surface area contributed by atoms with Gasteiger partial charge in [-0.15, -0.1) is 5.10 Å². The lowest BCUT2D eigenvalue weighted by atomic mass is 10.5. The van der Waals surface area contributed by atoms with Crippen molar-refractivity contribution in [2.75, 3.05) is 7.11 Å². The first kappa shape index (κ1) is 13.0. The Balaban J connectivity index is 2.18. The molecule has 94 valence electrons. The van der Waals surface area contributed by atoms with Crippen LogP contribution in [0.15, 0.2) is 33.0 Å². The normalized spacial score (nSPS) is 10.3. The minimum Gasteiger partial charge on any atom is -0.468 e. The summed E-state index contributed by atoms with van der Waals surface area (Å²) in [5.74, 6) is -0.405. The van der Waals surface area contributed by atoms with Gasteiger partial charge in [-0.25, -0.2) is 4.68 Å². The maximum absolute atomic E-state index is 11.2. The molecular formula is C9H8BrN5O2S. The summed E-state index contributed by atoms with van der Waals surface area (Å²) in [5, 5.41) is 11.6. The molecule has 0 aliphatic heterocycles. The molecule has 0 aliphatic carbocycles. The highest BCUT2D eigenvalue weighted by molar-refractivity contribution is 9.10. The van der Waals surface area contributed by atoms with E-state index >= 15 is 0 Å². The lowest BCUT2D eigenvalue weighted by Crippen LogP contribution is -2.13. The first-order valence-electron chi connectivity index (χ1n) is 4.81. The number of halogens is 1. The number of carbonyl (C=O) groups is 1. The molecule has 2 aromatic heterocycles. The maximum Gasteiger partial charge on any atom is 0.327 e. The predicted molar refractivity (Wildman–Crippen MR) is 65.9 cm³/mol. The molecule has 0 radical (unpaired) electrons. The van der Waals surface area contributed by atoms with Crippen LogP contribution >= 0.6 is 27.7 Å². The van der Waals surface area contributed by atoms with E-state index in [9.17, 15) is 4.79 Å². The van der Waals surface area contributed by atoms with Gasteiger partial charge in [-0.05, 0) is 44.2 Å². The van der Waals surface area contributed by atoms with Crippen molar-refractivity contribution in [2.45, 2.75) is 16.6 Å².